The molecule has 108 valence electrons. The number of hydrogen-bond donors (Lipinski definition) is 1. The second-order valence-electron chi connectivity index (χ2n) is 4.67. The third-order valence-electron chi connectivity index (χ3n) is 3.41. The van der Waals surface area contributed by atoms with Crippen LogP contribution in [-0.4, -0.2) is 42.6 Å². The summed E-state index contributed by atoms with van der Waals surface area (Å²) >= 11 is 0. The zero-order chi connectivity index (χ0) is 14.7. The van der Waals surface area contributed by atoms with Gasteiger partial charge in [-0.15, -0.1) is 0 Å². The normalized spacial score (nSPS) is 18.2. The number of ether oxygens (including phenoxy) is 2. The van der Waals surface area contributed by atoms with Gasteiger partial charge in [-0.3, -0.25) is 9.59 Å². The highest BCUT2D eigenvalue weighted by atomic mass is 16.5. The van der Waals surface area contributed by atoms with Gasteiger partial charge in [-0.2, -0.15) is 0 Å². The summed E-state index contributed by atoms with van der Waals surface area (Å²) in [4.78, 5) is 24.3. The quantitative estimate of drug-likeness (QED) is 0.874. The van der Waals surface area contributed by atoms with E-state index < -0.39 is 11.9 Å². The number of carboxylic acids is 1. The first kappa shape index (κ1) is 14.2. The predicted molar refractivity (Wildman–Crippen MR) is 70.7 cm³/mol. The standard InChI is InChI=1S/C14H17NO5/c1-19-11-5-3-4-9(13(11)20-2)7-15-8-10(14(17)18)6-12(15)16/h3-5,10H,6-8H2,1-2H3,(H,17,18). The molecule has 1 unspecified atom stereocenters. The van der Waals surface area contributed by atoms with Crippen LogP contribution in [0.5, 0.6) is 11.5 Å². The van der Waals surface area contributed by atoms with Crippen LogP contribution in [0.4, 0.5) is 0 Å². The molecule has 1 amide bonds. The van der Waals surface area contributed by atoms with E-state index in [1.807, 2.05) is 12.1 Å². The molecule has 1 aliphatic rings. The van der Waals surface area contributed by atoms with Crippen LogP contribution in [-0.2, 0) is 16.1 Å². The predicted octanol–water partition coefficient (Wildman–Crippen LogP) is 1.14. The second kappa shape index (κ2) is 5.81. The number of para-hydroxylation sites is 1. The van der Waals surface area contributed by atoms with Crippen LogP contribution in [0.15, 0.2) is 18.2 Å². The third-order valence-corrected chi connectivity index (χ3v) is 3.41. The van der Waals surface area contributed by atoms with Crippen LogP contribution in [0.3, 0.4) is 0 Å². The molecule has 0 aromatic heterocycles. The molecule has 1 aromatic rings. The van der Waals surface area contributed by atoms with Gasteiger partial charge in [-0.25, -0.2) is 0 Å². The van der Waals surface area contributed by atoms with Gasteiger partial charge in [0.25, 0.3) is 0 Å². The molecule has 6 nitrogen and oxygen atoms in total. The van der Waals surface area contributed by atoms with Crippen molar-refractivity contribution in [1.82, 2.24) is 4.90 Å². The first-order valence-corrected chi connectivity index (χ1v) is 6.27. The molecule has 0 bridgehead atoms. The monoisotopic (exact) mass is 279 g/mol. The van der Waals surface area contributed by atoms with Crippen LogP contribution < -0.4 is 9.47 Å². The van der Waals surface area contributed by atoms with Gasteiger partial charge in [0.1, 0.15) is 0 Å². The zero-order valence-corrected chi connectivity index (χ0v) is 11.5. The highest BCUT2D eigenvalue weighted by Gasteiger charge is 2.34. The minimum Gasteiger partial charge on any atom is -0.493 e. The maximum Gasteiger partial charge on any atom is 0.308 e. The Morgan fingerprint density at radius 3 is 2.70 bits per heavy atom. The fourth-order valence-corrected chi connectivity index (χ4v) is 2.37. The molecule has 1 saturated heterocycles. The van der Waals surface area contributed by atoms with Crippen molar-refractivity contribution < 1.29 is 24.2 Å². The molecular formula is C14H17NO5. The third kappa shape index (κ3) is 2.68. The highest BCUT2D eigenvalue weighted by Crippen LogP contribution is 2.32. The van der Waals surface area contributed by atoms with E-state index >= 15 is 0 Å². The number of carbonyl (C=O) groups excluding carboxylic acids is 1. The maximum absolute atomic E-state index is 11.8. The number of amides is 1. The zero-order valence-electron chi connectivity index (χ0n) is 11.5. The summed E-state index contributed by atoms with van der Waals surface area (Å²) in [6.07, 6.45) is 0.0572. The molecule has 1 aromatic carbocycles. The van der Waals surface area contributed by atoms with Crippen molar-refractivity contribution in [1.29, 1.82) is 0 Å². The van der Waals surface area contributed by atoms with Crippen molar-refractivity contribution >= 4 is 11.9 Å². The first-order valence-electron chi connectivity index (χ1n) is 6.27. The smallest absolute Gasteiger partial charge is 0.308 e. The fraction of sp³-hybridized carbons (Fsp3) is 0.429. The lowest BCUT2D eigenvalue weighted by atomic mass is 10.1. The number of hydrogen-bond acceptors (Lipinski definition) is 4. The van der Waals surface area contributed by atoms with Gasteiger partial charge in [0.15, 0.2) is 11.5 Å². The van der Waals surface area contributed by atoms with E-state index in [9.17, 15) is 9.59 Å². The van der Waals surface area contributed by atoms with E-state index in [1.165, 1.54) is 12.0 Å². The van der Waals surface area contributed by atoms with Crippen molar-refractivity contribution in [3.8, 4) is 11.5 Å². The number of carbonyl (C=O) groups is 2. The lowest BCUT2D eigenvalue weighted by molar-refractivity contribution is -0.141. The van der Waals surface area contributed by atoms with E-state index in [0.717, 1.165) is 5.56 Å². The Labute approximate surface area is 116 Å². The molecule has 1 atom stereocenters. The summed E-state index contributed by atoms with van der Waals surface area (Å²) in [5, 5.41) is 8.97. The van der Waals surface area contributed by atoms with Crippen LogP contribution in [0.2, 0.25) is 0 Å². The van der Waals surface area contributed by atoms with Crippen molar-refractivity contribution in [2.24, 2.45) is 5.92 Å². The summed E-state index contributed by atoms with van der Waals surface area (Å²) in [5.74, 6) is -0.548. The summed E-state index contributed by atoms with van der Waals surface area (Å²) in [6.45, 7) is 0.553. The van der Waals surface area contributed by atoms with E-state index in [4.69, 9.17) is 14.6 Å². The summed E-state index contributed by atoms with van der Waals surface area (Å²) in [6, 6.07) is 5.42. The van der Waals surface area contributed by atoms with Gasteiger partial charge in [0.2, 0.25) is 5.91 Å². The molecular weight excluding hydrogens is 262 g/mol. The first-order chi connectivity index (χ1) is 9.56. The van der Waals surface area contributed by atoms with Crippen molar-refractivity contribution in [3.63, 3.8) is 0 Å². The number of likely N-dealkylation sites (tertiary alicyclic amines) is 1. The Bertz CT molecular complexity index is 528. The van der Waals surface area contributed by atoms with Crippen LogP contribution in [0.1, 0.15) is 12.0 Å². The number of nitrogens with zero attached hydrogens (tertiary/aromatic N) is 1. The van der Waals surface area contributed by atoms with Crippen molar-refractivity contribution in [2.45, 2.75) is 13.0 Å². The molecule has 1 fully saturated rings. The summed E-state index contributed by atoms with van der Waals surface area (Å²) in [7, 11) is 3.08. The molecule has 6 heteroatoms. The average Bonchev–Trinajstić information content (AvgIpc) is 2.80. The molecule has 0 aliphatic carbocycles. The Morgan fingerprint density at radius 1 is 1.40 bits per heavy atom. The van der Waals surface area contributed by atoms with E-state index in [2.05, 4.69) is 0 Å². The molecule has 0 spiro atoms. The fourth-order valence-electron chi connectivity index (χ4n) is 2.37. The number of methoxy groups -OCH3 is 2. The van der Waals surface area contributed by atoms with Gasteiger partial charge in [-0.1, -0.05) is 12.1 Å². The minimum absolute atomic E-state index is 0.0572. The Morgan fingerprint density at radius 2 is 2.15 bits per heavy atom. The number of carboxylic acid groups (broad SMARTS) is 1. The summed E-state index contributed by atoms with van der Waals surface area (Å²) < 4.78 is 10.5. The molecule has 1 N–H and O–H groups in total. The minimum atomic E-state index is -0.932. The van der Waals surface area contributed by atoms with Gasteiger partial charge < -0.3 is 19.5 Å². The SMILES string of the molecule is COc1cccc(CN2CC(C(=O)O)CC2=O)c1OC. The van der Waals surface area contributed by atoms with Gasteiger partial charge in [0.05, 0.1) is 20.1 Å². The van der Waals surface area contributed by atoms with E-state index in [1.54, 1.807) is 13.2 Å². The maximum atomic E-state index is 11.8. The van der Waals surface area contributed by atoms with Crippen LogP contribution in [0, 0.1) is 5.92 Å². The molecule has 20 heavy (non-hydrogen) atoms. The number of benzene rings is 1. The van der Waals surface area contributed by atoms with E-state index in [0.29, 0.717) is 18.0 Å². The Hall–Kier alpha value is -2.24. The lowest BCUT2D eigenvalue weighted by Gasteiger charge is -2.19. The van der Waals surface area contributed by atoms with Crippen LogP contribution >= 0.6 is 0 Å². The summed E-state index contributed by atoms with van der Waals surface area (Å²) in [5.41, 5.74) is 0.797. The molecule has 0 radical (unpaired) electrons. The van der Waals surface area contributed by atoms with Crippen molar-refractivity contribution in [3.05, 3.63) is 23.8 Å². The van der Waals surface area contributed by atoms with Gasteiger partial charge in [0, 0.05) is 25.1 Å². The molecule has 0 saturated carbocycles. The second-order valence-corrected chi connectivity index (χ2v) is 4.67. The van der Waals surface area contributed by atoms with E-state index in [-0.39, 0.29) is 18.9 Å². The number of rotatable bonds is 5. The molecule has 1 aliphatic heterocycles. The Kier molecular flexibility index (Phi) is 4.12. The highest BCUT2D eigenvalue weighted by molar-refractivity contribution is 5.86. The largest absolute Gasteiger partial charge is 0.493 e. The molecule has 2 rings (SSSR count). The Balaban J connectivity index is 2.18. The van der Waals surface area contributed by atoms with Gasteiger partial charge >= 0.3 is 5.97 Å². The van der Waals surface area contributed by atoms with Gasteiger partial charge in [-0.05, 0) is 6.07 Å². The number of aliphatic carboxylic acids is 1. The average molecular weight is 279 g/mol. The van der Waals surface area contributed by atoms with Crippen molar-refractivity contribution in [2.75, 3.05) is 20.8 Å². The van der Waals surface area contributed by atoms with Crippen LogP contribution in [0.25, 0.3) is 0 Å². The lowest BCUT2D eigenvalue weighted by Crippen LogP contribution is -2.26. The molecule has 1 heterocycles. The topological polar surface area (TPSA) is 76.1 Å².